The molecular weight excluding hydrogens is 534 g/mol. The van der Waals surface area contributed by atoms with Crippen LogP contribution in [0.2, 0.25) is 0 Å². The number of hydrogen-bond donors (Lipinski definition) is 2. The van der Waals surface area contributed by atoms with E-state index in [1.807, 2.05) is 12.1 Å². The molecule has 3 nitrogen and oxygen atoms in total. The Bertz CT molecular complexity index is 1700. The maximum absolute atomic E-state index is 5.95. The molecular formula is C41H43N3. The fourth-order valence-electron chi connectivity index (χ4n) is 7.83. The standard InChI is InChI=1S/C28H32N2.C13H11N/c1-30(2)28(20-21-10-4-3-5-11-21)18-16-22(17-19-28)29-27-25-14-8-6-12-23(25)24-13-7-9-15-26(24)27;14-13-7-3-6-11-10-5-2-1-4-9(10)8-12(11)13/h3-15,22,27,29H,16-20H2,1-2H3;1-7H,8,14H2. The van der Waals surface area contributed by atoms with Gasteiger partial charge in [0.25, 0.3) is 0 Å². The summed E-state index contributed by atoms with van der Waals surface area (Å²) >= 11 is 0. The highest BCUT2D eigenvalue weighted by Gasteiger charge is 2.39. The van der Waals surface area contributed by atoms with Gasteiger partial charge in [-0.2, -0.15) is 0 Å². The molecule has 0 saturated heterocycles. The average molecular weight is 578 g/mol. The molecule has 1 fully saturated rings. The zero-order valence-electron chi connectivity index (χ0n) is 26.0. The normalized spacial score (nSPS) is 19.8. The lowest BCUT2D eigenvalue weighted by molar-refractivity contribution is 0.0861. The Morgan fingerprint density at radius 2 is 1.23 bits per heavy atom. The second kappa shape index (κ2) is 12.1. The van der Waals surface area contributed by atoms with Gasteiger partial charge < -0.3 is 16.0 Å². The molecule has 0 amide bonds. The Kier molecular flexibility index (Phi) is 7.84. The summed E-state index contributed by atoms with van der Waals surface area (Å²) in [6, 6.07) is 44.4. The predicted octanol–water partition coefficient (Wildman–Crippen LogP) is 8.67. The number of rotatable bonds is 5. The van der Waals surface area contributed by atoms with E-state index < -0.39 is 0 Å². The molecule has 8 rings (SSSR count). The van der Waals surface area contributed by atoms with Gasteiger partial charge in [0.1, 0.15) is 0 Å². The summed E-state index contributed by atoms with van der Waals surface area (Å²) in [5, 5.41) is 4.05. The minimum absolute atomic E-state index is 0.269. The first-order valence-electron chi connectivity index (χ1n) is 16.1. The first-order chi connectivity index (χ1) is 21.5. The van der Waals surface area contributed by atoms with Gasteiger partial charge in [-0.3, -0.25) is 0 Å². The summed E-state index contributed by atoms with van der Waals surface area (Å²) in [5.74, 6) is 0. The zero-order chi connectivity index (χ0) is 30.1. The van der Waals surface area contributed by atoms with Gasteiger partial charge in [-0.1, -0.05) is 115 Å². The molecule has 0 bridgehead atoms. The van der Waals surface area contributed by atoms with Gasteiger partial charge in [-0.25, -0.2) is 0 Å². The van der Waals surface area contributed by atoms with Crippen molar-refractivity contribution in [2.24, 2.45) is 0 Å². The number of nitrogens with one attached hydrogen (secondary N) is 1. The van der Waals surface area contributed by atoms with Gasteiger partial charge in [-0.15, -0.1) is 0 Å². The summed E-state index contributed by atoms with van der Waals surface area (Å²) in [7, 11) is 4.53. The van der Waals surface area contributed by atoms with Crippen LogP contribution in [0.1, 0.15) is 59.5 Å². The Morgan fingerprint density at radius 3 is 1.89 bits per heavy atom. The molecule has 0 aliphatic heterocycles. The van der Waals surface area contributed by atoms with Gasteiger partial charge >= 0.3 is 0 Å². The minimum atomic E-state index is 0.269. The van der Waals surface area contributed by atoms with Crippen LogP contribution in [-0.4, -0.2) is 30.6 Å². The van der Waals surface area contributed by atoms with Crippen molar-refractivity contribution in [2.75, 3.05) is 19.8 Å². The van der Waals surface area contributed by atoms with Crippen LogP contribution in [-0.2, 0) is 12.8 Å². The molecule has 0 aromatic heterocycles. The molecule has 5 aromatic carbocycles. The smallest absolute Gasteiger partial charge is 0.0591 e. The fraction of sp³-hybridized carbons (Fsp3) is 0.268. The molecule has 3 aliphatic rings. The Balaban J connectivity index is 0.000000185. The number of nitrogen functional groups attached to an aromatic ring is 1. The van der Waals surface area contributed by atoms with Gasteiger partial charge in [0.15, 0.2) is 0 Å². The van der Waals surface area contributed by atoms with Gasteiger partial charge in [0.05, 0.1) is 6.04 Å². The van der Waals surface area contributed by atoms with Crippen LogP contribution >= 0.6 is 0 Å². The van der Waals surface area contributed by atoms with Gasteiger partial charge in [0, 0.05) is 23.7 Å². The molecule has 1 saturated carbocycles. The molecule has 0 spiro atoms. The quantitative estimate of drug-likeness (QED) is 0.202. The van der Waals surface area contributed by atoms with E-state index in [9.17, 15) is 0 Å². The van der Waals surface area contributed by atoms with Crippen molar-refractivity contribution in [1.29, 1.82) is 0 Å². The van der Waals surface area contributed by atoms with Gasteiger partial charge in [-0.05, 0) is 102 Å². The number of hydrogen-bond acceptors (Lipinski definition) is 3. The van der Waals surface area contributed by atoms with Crippen LogP contribution in [0.15, 0.2) is 121 Å². The van der Waals surface area contributed by atoms with E-state index >= 15 is 0 Å². The first kappa shape index (κ1) is 28.6. The number of nitrogens with zero attached hydrogens (tertiary/aromatic N) is 1. The number of fused-ring (bicyclic) bond motifs is 6. The Morgan fingerprint density at radius 1 is 0.659 bits per heavy atom. The molecule has 3 N–H and O–H groups in total. The van der Waals surface area contributed by atoms with E-state index in [2.05, 4.69) is 134 Å². The van der Waals surface area contributed by atoms with Gasteiger partial charge in [0.2, 0.25) is 0 Å². The van der Waals surface area contributed by atoms with Crippen LogP contribution in [0, 0.1) is 0 Å². The lowest BCUT2D eigenvalue weighted by Crippen LogP contribution is -2.51. The van der Waals surface area contributed by atoms with Crippen LogP contribution in [0.25, 0.3) is 22.3 Å². The Labute approximate surface area is 262 Å². The summed E-state index contributed by atoms with van der Waals surface area (Å²) in [6.07, 6.45) is 7.06. The average Bonchev–Trinajstić information content (AvgIpc) is 3.60. The van der Waals surface area contributed by atoms with Crippen molar-refractivity contribution in [1.82, 2.24) is 10.2 Å². The predicted molar refractivity (Wildman–Crippen MR) is 185 cm³/mol. The third-order valence-corrected chi connectivity index (χ3v) is 10.4. The molecule has 0 heterocycles. The van der Waals surface area contributed by atoms with Crippen LogP contribution in [0.3, 0.4) is 0 Å². The molecule has 0 unspecified atom stereocenters. The summed E-state index contributed by atoms with van der Waals surface area (Å²) in [5.41, 5.74) is 19.6. The van der Waals surface area contributed by atoms with Crippen molar-refractivity contribution >= 4 is 5.69 Å². The molecule has 0 atom stereocenters. The van der Waals surface area contributed by atoms with Crippen LogP contribution in [0.5, 0.6) is 0 Å². The summed E-state index contributed by atoms with van der Waals surface area (Å²) in [6.45, 7) is 0. The maximum atomic E-state index is 5.95. The number of likely N-dealkylation sites (N-methyl/N-ethyl adjacent to an activating group) is 1. The topological polar surface area (TPSA) is 41.3 Å². The van der Waals surface area contributed by atoms with Crippen LogP contribution < -0.4 is 11.1 Å². The number of nitrogens with two attached hydrogens (primary N) is 1. The van der Waals surface area contributed by atoms with Crippen molar-refractivity contribution in [3.63, 3.8) is 0 Å². The fourth-order valence-corrected chi connectivity index (χ4v) is 7.83. The number of anilines is 1. The lowest BCUT2D eigenvalue weighted by atomic mass is 9.74. The van der Waals surface area contributed by atoms with E-state index in [-0.39, 0.29) is 5.54 Å². The zero-order valence-corrected chi connectivity index (χ0v) is 26.0. The highest BCUT2D eigenvalue weighted by molar-refractivity contribution is 5.81. The largest absolute Gasteiger partial charge is 0.398 e. The van der Waals surface area contributed by atoms with Crippen molar-refractivity contribution < 1.29 is 0 Å². The molecule has 0 radical (unpaired) electrons. The molecule has 3 aliphatic carbocycles. The lowest BCUT2D eigenvalue weighted by Gasteiger charge is -2.46. The molecule has 44 heavy (non-hydrogen) atoms. The summed E-state index contributed by atoms with van der Waals surface area (Å²) < 4.78 is 0. The minimum Gasteiger partial charge on any atom is -0.398 e. The maximum Gasteiger partial charge on any atom is 0.0591 e. The van der Waals surface area contributed by atoms with E-state index in [1.165, 1.54) is 75.8 Å². The first-order valence-corrected chi connectivity index (χ1v) is 16.1. The van der Waals surface area contributed by atoms with Crippen molar-refractivity contribution in [3.8, 4) is 22.3 Å². The van der Waals surface area contributed by atoms with E-state index in [0.29, 0.717) is 12.1 Å². The third-order valence-electron chi connectivity index (χ3n) is 10.4. The van der Waals surface area contributed by atoms with Crippen molar-refractivity contribution in [2.45, 2.75) is 56.1 Å². The monoisotopic (exact) mass is 577 g/mol. The molecule has 3 heteroatoms. The molecule has 5 aromatic rings. The van der Waals surface area contributed by atoms with E-state index in [1.54, 1.807) is 0 Å². The highest BCUT2D eigenvalue weighted by atomic mass is 15.1. The summed E-state index contributed by atoms with van der Waals surface area (Å²) in [4.78, 5) is 2.48. The van der Waals surface area contributed by atoms with Crippen LogP contribution in [0.4, 0.5) is 5.69 Å². The molecule has 222 valence electrons. The second-order valence-electron chi connectivity index (χ2n) is 13.0. The number of benzene rings is 5. The highest BCUT2D eigenvalue weighted by Crippen LogP contribution is 2.45. The van der Waals surface area contributed by atoms with Crippen molar-refractivity contribution in [3.05, 3.63) is 149 Å². The second-order valence-corrected chi connectivity index (χ2v) is 13.0. The van der Waals surface area contributed by atoms with E-state index in [4.69, 9.17) is 5.73 Å². The Hall–Kier alpha value is -4.18. The van der Waals surface area contributed by atoms with E-state index in [0.717, 1.165) is 18.5 Å². The third kappa shape index (κ3) is 5.36. The SMILES string of the molecule is CN(C)C1(Cc2ccccc2)CCC(NC2c3ccccc3-c3ccccc32)CC1.Nc1cccc2c1Cc1ccccc1-2.